The first-order chi connectivity index (χ1) is 13.7. The van der Waals surface area contributed by atoms with Crippen LogP contribution in [0.15, 0.2) is 67.3 Å². The number of hydrogen-bond acceptors (Lipinski definition) is 6. The number of para-hydroxylation sites is 2. The molecule has 8 nitrogen and oxygen atoms in total. The number of hydrogen-bond donors (Lipinski definition) is 1. The van der Waals surface area contributed by atoms with Gasteiger partial charge in [0.25, 0.3) is 5.56 Å². The van der Waals surface area contributed by atoms with Gasteiger partial charge in [0.2, 0.25) is 0 Å². The van der Waals surface area contributed by atoms with E-state index in [9.17, 15) is 24.3 Å². The topological polar surface area (TPSA) is 112 Å². The Kier molecular flexibility index (Phi) is 5.18. The second-order valence-corrected chi connectivity index (χ2v) is 6.39. The highest BCUT2D eigenvalue weighted by Crippen LogP contribution is 2.25. The summed E-state index contributed by atoms with van der Waals surface area (Å²) in [6.45, 7) is 1.27. The lowest BCUT2D eigenvalue weighted by atomic mass is 10.1. The SMILES string of the molecule is CC(=O)c1c(O)c2ccccc2n(C)c1=O.Cn1c(=O)oc(=O)c2ccccc21. The molecule has 2 aromatic carbocycles. The fourth-order valence-electron chi connectivity index (χ4n) is 3.04. The van der Waals surface area contributed by atoms with Crippen LogP contribution < -0.4 is 16.9 Å². The van der Waals surface area contributed by atoms with Crippen molar-refractivity contribution < 1.29 is 14.3 Å². The number of Topliss-reactive ketones (excluding diaryl/α,β-unsaturated/α-hetero) is 1. The number of benzene rings is 2. The second-order valence-electron chi connectivity index (χ2n) is 6.39. The molecule has 0 atom stereocenters. The van der Waals surface area contributed by atoms with Crippen molar-refractivity contribution in [2.45, 2.75) is 6.92 Å². The van der Waals surface area contributed by atoms with Crippen molar-refractivity contribution in [3.63, 3.8) is 0 Å². The van der Waals surface area contributed by atoms with Crippen molar-refractivity contribution in [1.29, 1.82) is 0 Å². The summed E-state index contributed by atoms with van der Waals surface area (Å²) in [5.74, 6) is -1.29. The standard InChI is InChI=1S/C12H11NO3.C9H7NO3/c1-7(14)10-11(15)8-5-3-4-6-9(8)13(2)12(10)16;1-10-7-5-3-2-4-6(7)8(11)13-9(10)12/h3-6,15H,1-2H3;2-5H,1H3. The molecule has 0 radical (unpaired) electrons. The number of carbonyl (C=O) groups is 1. The van der Waals surface area contributed by atoms with Gasteiger partial charge >= 0.3 is 11.4 Å². The Morgan fingerprint density at radius 2 is 1.38 bits per heavy atom. The molecular formula is C21H18N2O6. The fourth-order valence-corrected chi connectivity index (χ4v) is 3.04. The molecule has 0 aliphatic carbocycles. The summed E-state index contributed by atoms with van der Waals surface area (Å²) < 4.78 is 7.14. The normalized spacial score (nSPS) is 10.6. The molecule has 0 fully saturated rings. The predicted molar refractivity (Wildman–Crippen MR) is 109 cm³/mol. The van der Waals surface area contributed by atoms with Gasteiger partial charge < -0.3 is 14.1 Å². The monoisotopic (exact) mass is 394 g/mol. The van der Waals surface area contributed by atoms with Gasteiger partial charge in [-0.3, -0.25) is 14.2 Å². The van der Waals surface area contributed by atoms with Gasteiger partial charge in [0.05, 0.1) is 16.4 Å². The van der Waals surface area contributed by atoms with Crippen LogP contribution in [-0.4, -0.2) is 20.0 Å². The maximum absolute atomic E-state index is 11.8. The maximum atomic E-state index is 11.8. The molecular weight excluding hydrogens is 376 g/mol. The van der Waals surface area contributed by atoms with Crippen molar-refractivity contribution in [3.05, 3.63) is 85.4 Å². The minimum Gasteiger partial charge on any atom is -0.506 e. The lowest BCUT2D eigenvalue weighted by Crippen LogP contribution is -2.23. The summed E-state index contributed by atoms with van der Waals surface area (Å²) in [7, 11) is 3.14. The lowest BCUT2D eigenvalue weighted by Gasteiger charge is -2.09. The third kappa shape index (κ3) is 3.47. The molecule has 0 unspecified atom stereocenters. The maximum Gasteiger partial charge on any atom is 0.422 e. The van der Waals surface area contributed by atoms with Gasteiger partial charge in [0.1, 0.15) is 11.3 Å². The van der Waals surface area contributed by atoms with Crippen LogP contribution in [0.4, 0.5) is 0 Å². The van der Waals surface area contributed by atoms with Crippen LogP contribution in [0, 0.1) is 0 Å². The number of pyridine rings is 1. The van der Waals surface area contributed by atoms with Crippen molar-refractivity contribution in [1.82, 2.24) is 9.13 Å². The second kappa shape index (κ2) is 7.59. The van der Waals surface area contributed by atoms with Gasteiger partial charge in [-0.25, -0.2) is 9.59 Å². The van der Waals surface area contributed by atoms with Crippen LogP contribution in [0.25, 0.3) is 21.8 Å². The molecule has 8 heteroatoms. The Labute approximate surface area is 163 Å². The zero-order valence-corrected chi connectivity index (χ0v) is 16.0. The first-order valence-electron chi connectivity index (χ1n) is 8.64. The zero-order valence-electron chi connectivity index (χ0n) is 16.0. The number of nitrogens with zero attached hydrogens (tertiary/aromatic N) is 2. The van der Waals surface area contributed by atoms with E-state index in [1.54, 1.807) is 62.6 Å². The highest BCUT2D eigenvalue weighted by molar-refractivity contribution is 6.02. The minimum absolute atomic E-state index is 0.152. The van der Waals surface area contributed by atoms with Crippen molar-refractivity contribution in [3.8, 4) is 5.75 Å². The third-order valence-electron chi connectivity index (χ3n) is 4.57. The van der Waals surface area contributed by atoms with Gasteiger partial charge in [-0.05, 0) is 31.2 Å². The number of aromatic nitrogens is 2. The average Bonchev–Trinajstić information content (AvgIpc) is 2.71. The Balaban J connectivity index is 0.000000169. The van der Waals surface area contributed by atoms with E-state index in [-0.39, 0.29) is 11.3 Å². The average molecular weight is 394 g/mol. The number of carbonyl (C=O) groups excluding carboxylic acids is 1. The van der Waals surface area contributed by atoms with E-state index >= 15 is 0 Å². The van der Waals surface area contributed by atoms with Crippen molar-refractivity contribution in [2.24, 2.45) is 14.1 Å². The summed E-state index contributed by atoms with van der Waals surface area (Å²) in [5, 5.41) is 10.8. The quantitative estimate of drug-likeness (QED) is 0.494. The van der Waals surface area contributed by atoms with Gasteiger partial charge in [-0.2, -0.15) is 0 Å². The molecule has 29 heavy (non-hydrogen) atoms. The van der Waals surface area contributed by atoms with Crippen LogP contribution in [0.5, 0.6) is 5.75 Å². The summed E-state index contributed by atoms with van der Waals surface area (Å²) >= 11 is 0. The van der Waals surface area contributed by atoms with E-state index in [2.05, 4.69) is 4.42 Å². The smallest absolute Gasteiger partial charge is 0.422 e. The van der Waals surface area contributed by atoms with E-state index in [0.29, 0.717) is 21.8 Å². The fraction of sp³-hybridized carbons (Fsp3) is 0.143. The molecule has 1 N–H and O–H groups in total. The molecule has 0 bridgehead atoms. The molecule has 2 aromatic heterocycles. The van der Waals surface area contributed by atoms with Crippen molar-refractivity contribution >= 4 is 27.6 Å². The largest absolute Gasteiger partial charge is 0.506 e. The van der Waals surface area contributed by atoms with Gasteiger partial charge in [-0.15, -0.1) is 0 Å². The molecule has 0 amide bonds. The van der Waals surface area contributed by atoms with Crippen LogP contribution in [0.1, 0.15) is 17.3 Å². The number of fused-ring (bicyclic) bond motifs is 2. The van der Waals surface area contributed by atoms with E-state index < -0.39 is 22.7 Å². The predicted octanol–water partition coefficient (Wildman–Crippen LogP) is 1.94. The number of rotatable bonds is 1. The lowest BCUT2D eigenvalue weighted by molar-refractivity contribution is 0.101. The van der Waals surface area contributed by atoms with Crippen LogP contribution in [-0.2, 0) is 14.1 Å². The third-order valence-corrected chi connectivity index (χ3v) is 4.57. The van der Waals surface area contributed by atoms with Gasteiger partial charge in [-0.1, -0.05) is 24.3 Å². The first kappa shape index (κ1) is 19.8. The van der Waals surface area contributed by atoms with Crippen LogP contribution in [0.2, 0.25) is 0 Å². The summed E-state index contributed by atoms with van der Waals surface area (Å²) in [5.41, 5.74) is -0.0117. The van der Waals surface area contributed by atoms with Crippen LogP contribution in [0.3, 0.4) is 0 Å². The summed E-state index contributed by atoms with van der Waals surface area (Å²) in [4.78, 5) is 45.4. The number of aromatic hydroxyl groups is 1. The van der Waals surface area contributed by atoms with Crippen LogP contribution >= 0.6 is 0 Å². The van der Waals surface area contributed by atoms with Crippen molar-refractivity contribution in [2.75, 3.05) is 0 Å². The Hall–Kier alpha value is -3.94. The number of aryl methyl sites for hydroxylation is 2. The Bertz CT molecular complexity index is 1430. The molecule has 0 aliphatic heterocycles. The van der Waals surface area contributed by atoms with E-state index in [4.69, 9.17) is 0 Å². The van der Waals surface area contributed by atoms with E-state index in [1.807, 2.05) is 0 Å². The summed E-state index contributed by atoms with van der Waals surface area (Å²) in [6, 6.07) is 13.7. The molecule has 0 saturated heterocycles. The summed E-state index contributed by atoms with van der Waals surface area (Å²) in [6.07, 6.45) is 0. The highest BCUT2D eigenvalue weighted by atomic mass is 16.4. The van der Waals surface area contributed by atoms with Gasteiger partial charge in [0.15, 0.2) is 5.78 Å². The molecule has 148 valence electrons. The highest BCUT2D eigenvalue weighted by Gasteiger charge is 2.17. The van der Waals surface area contributed by atoms with Gasteiger partial charge in [0, 0.05) is 19.5 Å². The van der Waals surface area contributed by atoms with E-state index in [0.717, 1.165) is 0 Å². The zero-order chi connectivity index (χ0) is 21.3. The molecule has 4 aromatic rings. The molecule has 2 heterocycles. The minimum atomic E-state index is -0.635. The molecule has 4 rings (SSSR count). The first-order valence-corrected chi connectivity index (χ1v) is 8.64. The molecule has 0 spiro atoms. The Morgan fingerprint density at radius 3 is 1.97 bits per heavy atom. The van der Waals surface area contributed by atoms with E-state index in [1.165, 1.54) is 16.1 Å². The molecule has 0 aliphatic rings. The molecule has 0 saturated carbocycles. The Morgan fingerprint density at radius 1 is 0.862 bits per heavy atom. The number of ketones is 1.